The zero-order valence-corrected chi connectivity index (χ0v) is 21.0. The summed E-state index contributed by atoms with van der Waals surface area (Å²) in [5, 5.41) is 22.2. The molecule has 4 aliphatic rings. The number of aliphatic hydroxyl groups excluding tert-OH is 2. The van der Waals surface area contributed by atoms with Crippen LogP contribution in [0.2, 0.25) is 0 Å². The van der Waals surface area contributed by atoms with Crippen LogP contribution in [0, 0.1) is 52.3 Å². The van der Waals surface area contributed by atoms with E-state index >= 15 is 0 Å². The summed E-state index contributed by atoms with van der Waals surface area (Å²) in [6.07, 6.45) is 9.80. The first-order chi connectivity index (χ1) is 15.2. The second-order valence-electron chi connectivity index (χ2n) is 12.4. The fourth-order valence-electron chi connectivity index (χ4n) is 9.66. The summed E-state index contributed by atoms with van der Waals surface area (Å²) < 4.78 is 0. The van der Waals surface area contributed by atoms with Crippen molar-refractivity contribution in [1.29, 1.82) is 0 Å². The summed E-state index contributed by atoms with van der Waals surface area (Å²) in [4.78, 5) is 16.7. The molecule has 0 bridgehead atoms. The largest absolute Gasteiger partial charge is 0.393 e. The van der Waals surface area contributed by atoms with Gasteiger partial charge in [-0.15, -0.1) is 0 Å². The number of hydrogen-bond donors (Lipinski definition) is 3. The van der Waals surface area contributed by atoms with Crippen molar-refractivity contribution in [1.82, 2.24) is 5.48 Å². The van der Waals surface area contributed by atoms with Gasteiger partial charge < -0.3 is 10.2 Å². The Kier molecular flexibility index (Phi) is 7.03. The average molecular weight is 450 g/mol. The number of carbonyl (C=O) groups is 1. The second-order valence-corrected chi connectivity index (χ2v) is 12.4. The molecule has 0 aliphatic heterocycles. The van der Waals surface area contributed by atoms with Crippen LogP contribution in [0.3, 0.4) is 0 Å². The maximum Gasteiger partial charge on any atom is 0.243 e. The molecule has 0 aromatic carbocycles. The van der Waals surface area contributed by atoms with Gasteiger partial charge in [0.2, 0.25) is 5.91 Å². The van der Waals surface area contributed by atoms with Gasteiger partial charge in [-0.2, -0.15) is 0 Å². The highest BCUT2D eigenvalue weighted by Crippen LogP contribution is 2.69. The maximum atomic E-state index is 11.9. The molecule has 5 unspecified atom stereocenters. The molecule has 4 aliphatic carbocycles. The molecule has 11 atom stereocenters. The van der Waals surface area contributed by atoms with Gasteiger partial charge >= 0.3 is 0 Å². The summed E-state index contributed by atoms with van der Waals surface area (Å²) in [5.41, 5.74) is 2.97. The van der Waals surface area contributed by atoms with Crippen molar-refractivity contribution in [2.45, 2.75) is 104 Å². The zero-order chi connectivity index (χ0) is 23.3. The quantitative estimate of drug-likeness (QED) is 0.513. The van der Waals surface area contributed by atoms with Gasteiger partial charge in [-0.05, 0) is 104 Å². The zero-order valence-electron chi connectivity index (χ0n) is 21.0. The van der Waals surface area contributed by atoms with E-state index < -0.39 is 0 Å². The topological polar surface area (TPSA) is 78.8 Å². The number of hydroxylamine groups is 1. The molecule has 4 saturated carbocycles. The standard InChI is InChI=1S/C27H47NO4/c1-6-18-22-15-17(29)11-13-27(22,4)21-12-14-26(3)19(8-9-20(26)24(21)25(18)31)16(2)7-10-23(30)28-32-5/h16-22,24-25,29,31H,6-15H2,1-5H3,(H,28,30)/t16-,17-,18-,19?,20?,21?,22+,24?,25?,26-,27-/m1/s1. The van der Waals surface area contributed by atoms with Crippen molar-refractivity contribution >= 4 is 5.91 Å². The first-order valence-electron chi connectivity index (χ1n) is 13.3. The summed E-state index contributed by atoms with van der Waals surface area (Å²) in [7, 11) is 1.49. The van der Waals surface area contributed by atoms with Crippen molar-refractivity contribution < 1.29 is 19.8 Å². The first kappa shape index (κ1) is 24.5. The van der Waals surface area contributed by atoms with Gasteiger partial charge in [0.05, 0.1) is 19.3 Å². The van der Waals surface area contributed by atoms with Crippen molar-refractivity contribution in [2.75, 3.05) is 7.11 Å². The molecular formula is C27H47NO4. The predicted octanol–water partition coefficient (Wildman–Crippen LogP) is 4.71. The van der Waals surface area contributed by atoms with E-state index in [0.29, 0.717) is 47.8 Å². The fourth-order valence-corrected chi connectivity index (χ4v) is 9.66. The van der Waals surface area contributed by atoms with E-state index in [0.717, 1.165) is 32.1 Å². The highest BCUT2D eigenvalue weighted by atomic mass is 16.6. The van der Waals surface area contributed by atoms with Crippen LogP contribution in [0.25, 0.3) is 0 Å². The minimum atomic E-state index is -0.237. The van der Waals surface area contributed by atoms with Crippen LogP contribution < -0.4 is 5.48 Å². The van der Waals surface area contributed by atoms with Gasteiger partial charge in [0.15, 0.2) is 0 Å². The Hall–Kier alpha value is -0.650. The van der Waals surface area contributed by atoms with Crippen molar-refractivity contribution in [3.63, 3.8) is 0 Å². The molecule has 4 fully saturated rings. The molecule has 184 valence electrons. The van der Waals surface area contributed by atoms with E-state index in [1.807, 2.05) is 0 Å². The number of amides is 1. The van der Waals surface area contributed by atoms with E-state index in [2.05, 4.69) is 33.2 Å². The van der Waals surface area contributed by atoms with Crippen LogP contribution in [0.4, 0.5) is 0 Å². The lowest BCUT2D eigenvalue weighted by molar-refractivity contribution is -0.203. The first-order valence-corrected chi connectivity index (χ1v) is 13.3. The Morgan fingerprint density at radius 1 is 1.06 bits per heavy atom. The highest BCUT2D eigenvalue weighted by molar-refractivity contribution is 5.74. The van der Waals surface area contributed by atoms with Crippen molar-refractivity contribution in [3.05, 3.63) is 0 Å². The fraction of sp³-hybridized carbons (Fsp3) is 0.963. The third kappa shape index (κ3) is 3.84. The lowest BCUT2D eigenvalue weighted by Gasteiger charge is -2.64. The third-order valence-electron chi connectivity index (χ3n) is 11.2. The van der Waals surface area contributed by atoms with Gasteiger partial charge in [-0.1, -0.05) is 34.1 Å². The van der Waals surface area contributed by atoms with E-state index in [-0.39, 0.29) is 28.9 Å². The van der Waals surface area contributed by atoms with Gasteiger partial charge in [0.25, 0.3) is 0 Å². The smallest absolute Gasteiger partial charge is 0.243 e. The molecule has 0 heterocycles. The maximum absolute atomic E-state index is 11.9. The Morgan fingerprint density at radius 3 is 2.44 bits per heavy atom. The molecule has 32 heavy (non-hydrogen) atoms. The van der Waals surface area contributed by atoms with Crippen LogP contribution >= 0.6 is 0 Å². The van der Waals surface area contributed by atoms with Gasteiger partial charge in [0, 0.05) is 6.42 Å². The molecule has 5 heteroatoms. The summed E-state index contributed by atoms with van der Waals surface area (Å²) in [5.74, 6) is 3.40. The number of nitrogens with one attached hydrogen (secondary N) is 1. The monoisotopic (exact) mass is 449 g/mol. The number of rotatable bonds is 6. The van der Waals surface area contributed by atoms with E-state index in [1.54, 1.807) is 0 Å². The summed E-state index contributed by atoms with van der Waals surface area (Å²) >= 11 is 0. The number of hydrogen-bond acceptors (Lipinski definition) is 4. The Bertz CT molecular complexity index is 685. The molecule has 4 rings (SSSR count). The number of aliphatic hydroxyl groups is 2. The second kappa shape index (κ2) is 9.19. The van der Waals surface area contributed by atoms with Crippen LogP contribution in [0.5, 0.6) is 0 Å². The van der Waals surface area contributed by atoms with Crippen molar-refractivity contribution in [3.8, 4) is 0 Å². The summed E-state index contributed by atoms with van der Waals surface area (Å²) in [6, 6.07) is 0. The molecule has 0 aromatic heterocycles. The Balaban J connectivity index is 1.55. The Labute approximate surface area is 195 Å². The normalized spacial score (nSPS) is 49.0. The molecule has 0 saturated heterocycles. The van der Waals surface area contributed by atoms with Crippen LogP contribution in [0.15, 0.2) is 0 Å². The highest BCUT2D eigenvalue weighted by Gasteiger charge is 2.64. The molecule has 0 aromatic rings. The third-order valence-corrected chi connectivity index (χ3v) is 11.2. The Morgan fingerprint density at radius 2 is 1.75 bits per heavy atom. The van der Waals surface area contributed by atoms with Crippen LogP contribution in [-0.4, -0.2) is 35.4 Å². The van der Waals surface area contributed by atoms with E-state index in [1.165, 1.54) is 32.8 Å². The predicted molar refractivity (Wildman–Crippen MR) is 125 cm³/mol. The molecular weight excluding hydrogens is 402 g/mol. The SMILES string of the molecule is CC[C@H]1C(O)C2C3CCC([C@H](C)CCC(=O)NOC)[C@@]3(C)CCC2[C@@]2(C)CC[C@@H](O)C[C@@H]12. The van der Waals surface area contributed by atoms with E-state index in [9.17, 15) is 15.0 Å². The number of fused-ring (bicyclic) bond motifs is 5. The van der Waals surface area contributed by atoms with Crippen LogP contribution in [0.1, 0.15) is 91.9 Å². The average Bonchev–Trinajstić information content (AvgIpc) is 3.11. The lowest BCUT2D eigenvalue weighted by Crippen LogP contribution is -2.62. The summed E-state index contributed by atoms with van der Waals surface area (Å²) in [6.45, 7) is 9.57. The minimum absolute atomic E-state index is 0.0327. The molecule has 0 spiro atoms. The lowest BCUT2D eigenvalue weighted by atomic mass is 9.41. The van der Waals surface area contributed by atoms with Crippen molar-refractivity contribution in [2.24, 2.45) is 52.3 Å². The minimum Gasteiger partial charge on any atom is -0.393 e. The van der Waals surface area contributed by atoms with Gasteiger partial charge in [-0.3, -0.25) is 9.63 Å². The number of carbonyl (C=O) groups excluding carboxylic acids is 1. The molecule has 3 N–H and O–H groups in total. The van der Waals surface area contributed by atoms with Crippen LogP contribution in [-0.2, 0) is 9.63 Å². The molecule has 1 amide bonds. The molecule has 0 radical (unpaired) electrons. The van der Waals surface area contributed by atoms with Gasteiger partial charge in [0.1, 0.15) is 0 Å². The van der Waals surface area contributed by atoms with Gasteiger partial charge in [-0.25, -0.2) is 5.48 Å². The van der Waals surface area contributed by atoms with E-state index in [4.69, 9.17) is 4.84 Å². The molecule has 5 nitrogen and oxygen atoms in total.